The SMILES string of the molecule is COc1cc(NC(=O)c2ccccc2)c(OC)cc1NC(=O)COc1cccc(Cl)c1. The van der Waals surface area contributed by atoms with Gasteiger partial charge in [-0.25, -0.2) is 0 Å². The molecule has 0 saturated carbocycles. The van der Waals surface area contributed by atoms with E-state index in [1.165, 1.54) is 14.2 Å². The maximum atomic E-state index is 12.5. The molecular weight excluding hydrogens is 420 g/mol. The van der Waals surface area contributed by atoms with Crippen LogP contribution in [0.1, 0.15) is 10.4 Å². The van der Waals surface area contributed by atoms with Gasteiger partial charge in [-0.05, 0) is 30.3 Å². The van der Waals surface area contributed by atoms with Crippen LogP contribution in [0.2, 0.25) is 5.02 Å². The second-order valence-corrected chi connectivity index (χ2v) is 6.80. The first-order valence-corrected chi connectivity index (χ1v) is 9.68. The normalized spacial score (nSPS) is 10.2. The van der Waals surface area contributed by atoms with E-state index in [9.17, 15) is 9.59 Å². The number of nitrogens with one attached hydrogen (secondary N) is 2. The third-order valence-electron chi connectivity index (χ3n) is 4.25. The first-order chi connectivity index (χ1) is 15.0. The Morgan fingerprint density at radius 3 is 2.10 bits per heavy atom. The minimum absolute atomic E-state index is 0.224. The van der Waals surface area contributed by atoms with E-state index in [-0.39, 0.29) is 12.5 Å². The molecule has 2 amide bonds. The van der Waals surface area contributed by atoms with Crippen molar-refractivity contribution in [2.24, 2.45) is 0 Å². The highest BCUT2D eigenvalue weighted by Crippen LogP contribution is 2.36. The van der Waals surface area contributed by atoms with Crippen LogP contribution in [0.15, 0.2) is 66.7 Å². The summed E-state index contributed by atoms with van der Waals surface area (Å²) in [5, 5.41) is 6.02. The molecule has 0 aromatic heterocycles. The van der Waals surface area contributed by atoms with Gasteiger partial charge in [-0.1, -0.05) is 35.9 Å². The topological polar surface area (TPSA) is 85.9 Å². The van der Waals surface area contributed by atoms with Crippen molar-refractivity contribution in [2.45, 2.75) is 0 Å². The van der Waals surface area contributed by atoms with Crippen LogP contribution < -0.4 is 24.8 Å². The Bertz CT molecular complexity index is 1070. The number of amides is 2. The molecule has 0 heterocycles. The summed E-state index contributed by atoms with van der Waals surface area (Å²) in [6, 6.07) is 18.7. The van der Waals surface area contributed by atoms with Crippen molar-refractivity contribution in [3.63, 3.8) is 0 Å². The van der Waals surface area contributed by atoms with Crippen LogP contribution in [0.25, 0.3) is 0 Å². The number of methoxy groups -OCH3 is 2. The van der Waals surface area contributed by atoms with Crippen molar-refractivity contribution in [2.75, 3.05) is 31.5 Å². The second kappa shape index (κ2) is 10.4. The zero-order valence-corrected chi connectivity index (χ0v) is 17.7. The lowest BCUT2D eigenvalue weighted by Gasteiger charge is -2.16. The number of hydrogen-bond donors (Lipinski definition) is 2. The molecule has 2 N–H and O–H groups in total. The van der Waals surface area contributed by atoms with E-state index in [0.717, 1.165) is 0 Å². The van der Waals surface area contributed by atoms with Gasteiger partial charge in [0.05, 0.1) is 25.6 Å². The summed E-state index contributed by atoms with van der Waals surface area (Å²) in [6.07, 6.45) is 0. The van der Waals surface area contributed by atoms with E-state index in [1.807, 2.05) is 6.07 Å². The Morgan fingerprint density at radius 1 is 0.839 bits per heavy atom. The summed E-state index contributed by atoms with van der Waals surface area (Å²) in [7, 11) is 2.93. The molecule has 0 saturated heterocycles. The number of carbonyl (C=O) groups excluding carboxylic acids is 2. The van der Waals surface area contributed by atoms with E-state index in [0.29, 0.717) is 39.2 Å². The highest BCUT2D eigenvalue weighted by Gasteiger charge is 2.16. The van der Waals surface area contributed by atoms with Crippen molar-refractivity contribution in [3.8, 4) is 17.2 Å². The van der Waals surface area contributed by atoms with E-state index in [4.69, 9.17) is 25.8 Å². The summed E-state index contributed by atoms with van der Waals surface area (Å²) in [4.78, 5) is 24.8. The molecule has 0 fully saturated rings. The van der Waals surface area contributed by atoms with Gasteiger partial charge in [0.15, 0.2) is 6.61 Å². The highest BCUT2D eigenvalue weighted by atomic mass is 35.5. The summed E-state index contributed by atoms with van der Waals surface area (Å²) < 4.78 is 16.2. The summed E-state index contributed by atoms with van der Waals surface area (Å²) in [5.74, 6) is 0.483. The van der Waals surface area contributed by atoms with Crippen LogP contribution in [0, 0.1) is 0 Å². The average molecular weight is 441 g/mol. The Hall–Kier alpha value is -3.71. The fourth-order valence-corrected chi connectivity index (χ4v) is 2.95. The molecule has 160 valence electrons. The van der Waals surface area contributed by atoms with Gasteiger partial charge in [0.25, 0.3) is 11.8 Å². The maximum absolute atomic E-state index is 12.5. The highest BCUT2D eigenvalue weighted by molar-refractivity contribution is 6.30. The van der Waals surface area contributed by atoms with Crippen LogP contribution in [-0.4, -0.2) is 32.6 Å². The molecule has 0 aliphatic heterocycles. The molecule has 0 radical (unpaired) electrons. The lowest BCUT2D eigenvalue weighted by Crippen LogP contribution is -2.21. The molecule has 0 atom stereocenters. The number of benzene rings is 3. The van der Waals surface area contributed by atoms with Gasteiger partial charge in [0.1, 0.15) is 17.2 Å². The number of carbonyl (C=O) groups is 2. The fraction of sp³-hybridized carbons (Fsp3) is 0.130. The number of halogens is 1. The molecule has 3 rings (SSSR count). The van der Waals surface area contributed by atoms with Gasteiger partial charge >= 0.3 is 0 Å². The molecule has 0 spiro atoms. The summed E-state index contributed by atoms with van der Waals surface area (Å²) in [5.41, 5.74) is 1.28. The molecule has 3 aromatic rings. The molecule has 3 aromatic carbocycles. The van der Waals surface area contributed by atoms with E-state index in [1.54, 1.807) is 60.7 Å². The molecule has 0 bridgehead atoms. The van der Waals surface area contributed by atoms with Crippen LogP contribution in [-0.2, 0) is 4.79 Å². The van der Waals surface area contributed by atoms with Crippen LogP contribution in [0.3, 0.4) is 0 Å². The van der Waals surface area contributed by atoms with Crippen LogP contribution in [0.4, 0.5) is 11.4 Å². The summed E-state index contributed by atoms with van der Waals surface area (Å²) >= 11 is 5.91. The quantitative estimate of drug-likeness (QED) is 0.533. The van der Waals surface area contributed by atoms with Gasteiger partial charge in [-0.15, -0.1) is 0 Å². The molecule has 31 heavy (non-hydrogen) atoms. The van der Waals surface area contributed by atoms with Crippen molar-refractivity contribution < 1.29 is 23.8 Å². The molecular formula is C23H21ClN2O5. The largest absolute Gasteiger partial charge is 0.494 e. The Labute approximate surface area is 184 Å². The monoisotopic (exact) mass is 440 g/mol. The average Bonchev–Trinajstić information content (AvgIpc) is 2.79. The standard InChI is InChI=1S/C23H21ClN2O5/c1-29-20-13-19(26-23(28)15-7-4-3-5-8-15)21(30-2)12-18(20)25-22(27)14-31-17-10-6-9-16(24)11-17/h3-13H,14H2,1-2H3,(H,25,27)(H,26,28). The predicted molar refractivity (Wildman–Crippen MR) is 120 cm³/mol. The van der Waals surface area contributed by atoms with Crippen molar-refractivity contribution in [3.05, 3.63) is 77.3 Å². The molecule has 7 nitrogen and oxygen atoms in total. The van der Waals surface area contributed by atoms with Gasteiger partial charge in [0.2, 0.25) is 0 Å². The van der Waals surface area contributed by atoms with Crippen molar-refractivity contribution >= 4 is 34.8 Å². The molecule has 0 aliphatic carbocycles. The number of hydrogen-bond acceptors (Lipinski definition) is 5. The van der Waals surface area contributed by atoms with Gasteiger partial charge in [0, 0.05) is 22.7 Å². The molecule has 0 unspecified atom stereocenters. The Kier molecular flexibility index (Phi) is 7.35. The third kappa shape index (κ3) is 5.90. The zero-order valence-electron chi connectivity index (χ0n) is 17.0. The van der Waals surface area contributed by atoms with Crippen molar-refractivity contribution in [1.29, 1.82) is 0 Å². The first kappa shape index (κ1) is 22.0. The molecule has 8 heteroatoms. The van der Waals surface area contributed by atoms with Gasteiger partial charge in [-0.2, -0.15) is 0 Å². The third-order valence-corrected chi connectivity index (χ3v) is 4.48. The minimum atomic E-state index is -0.401. The maximum Gasteiger partial charge on any atom is 0.262 e. The predicted octanol–water partition coefficient (Wildman–Crippen LogP) is 4.63. The fourth-order valence-electron chi connectivity index (χ4n) is 2.77. The van der Waals surface area contributed by atoms with Crippen LogP contribution in [0.5, 0.6) is 17.2 Å². The summed E-state index contributed by atoms with van der Waals surface area (Å²) in [6.45, 7) is -0.224. The Morgan fingerprint density at radius 2 is 1.48 bits per heavy atom. The van der Waals surface area contributed by atoms with E-state index in [2.05, 4.69) is 10.6 Å². The lowest BCUT2D eigenvalue weighted by atomic mass is 10.2. The minimum Gasteiger partial charge on any atom is -0.494 e. The zero-order chi connectivity index (χ0) is 22.2. The lowest BCUT2D eigenvalue weighted by molar-refractivity contribution is -0.118. The van der Waals surface area contributed by atoms with Gasteiger partial charge in [-0.3, -0.25) is 9.59 Å². The van der Waals surface area contributed by atoms with Crippen LogP contribution >= 0.6 is 11.6 Å². The Balaban J connectivity index is 1.73. The molecule has 0 aliphatic rings. The van der Waals surface area contributed by atoms with E-state index < -0.39 is 5.91 Å². The second-order valence-electron chi connectivity index (χ2n) is 6.37. The number of ether oxygens (including phenoxy) is 3. The van der Waals surface area contributed by atoms with E-state index >= 15 is 0 Å². The first-order valence-electron chi connectivity index (χ1n) is 9.31. The number of rotatable bonds is 8. The smallest absolute Gasteiger partial charge is 0.262 e. The van der Waals surface area contributed by atoms with Gasteiger partial charge < -0.3 is 24.8 Å². The van der Waals surface area contributed by atoms with Crippen molar-refractivity contribution in [1.82, 2.24) is 0 Å². The number of anilines is 2.